The Balaban J connectivity index is 1.61. The second-order valence-electron chi connectivity index (χ2n) is 7.88. The van der Waals surface area contributed by atoms with E-state index >= 15 is 0 Å². The molecule has 7 nitrogen and oxygen atoms in total. The van der Waals surface area contributed by atoms with Crippen LogP contribution in [0.2, 0.25) is 0 Å². The summed E-state index contributed by atoms with van der Waals surface area (Å²) in [5.41, 5.74) is 1.80. The minimum atomic E-state index is -0.0640. The van der Waals surface area contributed by atoms with E-state index in [0.29, 0.717) is 12.1 Å². The van der Waals surface area contributed by atoms with Crippen LogP contribution >= 0.6 is 0 Å². The summed E-state index contributed by atoms with van der Waals surface area (Å²) in [6, 6.07) is 12.0. The van der Waals surface area contributed by atoms with Crippen LogP contribution < -0.4 is 16.0 Å². The number of carbonyl (C=O) groups excluding carboxylic acids is 1. The number of nitrogens with zero attached hydrogens (tertiary/aromatic N) is 2. The maximum atomic E-state index is 11.8. The van der Waals surface area contributed by atoms with E-state index in [1.165, 1.54) is 12.8 Å². The van der Waals surface area contributed by atoms with Gasteiger partial charge in [-0.25, -0.2) is 0 Å². The van der Waals surface area contributed by atoms with Crippen LogP contribution in [-0.2, 0) is 6.42 Å². The highest BCUT2D eigenvalue weighted by Gasteiger charge is 2.25. The zero-order valence-electron chi connectivity index (χ0n) is 18.9. The molecule has 168 valence electrons. The Labute approximate surface area is 185 Å². The normalized spacial score (nSPS) is 15.6. The molecular formula is C24H35N5O2. The van der Waals surface area contributed by atoms with Crippen molar-refractivity contribution in [3.8, 4) is 0 Å². The van der Waals surface area contributed by atoms with Crippen LogP contribution in [-0.4, -0.2) is 56.5 Å². The number of aryl methyl sites for hydroxylation is 1. The summed E-state index contributed by atoms with van der Waals surface area (Å²) in [6.45, 7) is 8.41. The van der Waals surface area contributed by atoms with E-state index in [9.17, 15) is 4.79 Å². The Kier molecular flexibility index (Phi) is 8.53. The van der Waals surface area contributed by atoms with Crippen LogP contribution in [0.1, 0.15) is 53.2 Å². The molecule has 7 heteroatoms. The van der Waals surface area contributed by atoms with Crippen molar-refractivity contribution in [3.05, 3.63) is 59.0 Å². The summed E-state index contributed by atoms with van der Waals surface area (Å²) in [7, 11) is 1.65. The summed E-state index contributed by atoms with van der Waals surface area (Å²) in [4.78, 5) is 19.2. The van der Waals surface area contributed by atoms with Crippen LogP contribution in [0.5, 0.6) is 0 Å². The number of hydrogen-bond acceptors (Lipinski definition) is 4. The highest BCUT2D eigenvalue weighted by Crippen LogP contribution is 2.26. The van der Waals surface area contributed by atoms with Crippen molar-refractivity contribution < 1.29 is 9.21 Å². The monoisotopic (exact) mass is 425 g/mol. The first-order valence-electron chi connectivity index (χ1n) is 11.2. The number of rotatable bonds is 9. The lowest BCUT2D eigenvalue weighted by Crippen LogP contribution is -2.39. The molecule has 0 saturated carbocycles. The lowest BCUT2D eigenvalue weighted by molar-refractivity contribution is 0.0963. The van der Waals surface area contributed by atoms with Crippen molar-refractivity contribution in [3.63, 3.8) is 0 Å². The molecule has 0 bridgehead atoms. The number of nitrogens with one attached hydrogen (secondary N) is 3. The quantitative estimate of drug-likeness (QED) is 0.425. The number of benzene rings is 1. The maximum Gasteiger partial charge on any atom is 0.251 e. The zero-order valence-corrected chi connectivity index (χ0v) is 18.9. The van der Waals surface area contributed by atoms with Gasteiger partial charge in [0.15, 0.2) is 5.96 Å². The Morgan fingerprint density at radius 1 is 1.19 bits per heavy atom. The van der Waals surface area contributed by atoms with E-state index in [1.807, 2.05) is 37.3 Å². The summed E-state index contributed by atoms with van der Waals surface area (Å²) < 4.78 is 5.94. The van der Waals surface area contributed by atoms with Gasteiger partial charge in [-0.05, 0) is 76.0 Å². The van der Waals surface area contributed by atoms with Gasteiger partial charge in [-0.3, -0.25) is 14.7 Å². The fourth-order valence-corrected chi connectivity index (χ4v) is 3.93. The number of furan rings is 1. The van der Waals surface area contributed by atoms with Crippen LogP contribution in [0.25, 0.3) is 0 Å². The van der Waals surface area contributed by atoms with E-state index in [0.717, 1.165) is 55.6 Å². The Bertz CT molecular complexity index is 870. The first kappa shape index (κ1) is 22.9. The molecule has 2 aromatic rings. The molecule has 1 unspecified atom stereocenters. The second-order valence-corrected chi connectivity index (χ2v) is 7.88. The molecule has 0 aliphatic carbocycles. The van der Waals surface area contributed by atoms with Crippen molar-refractivity contribution in [2.75, 3.05) is 39.8 Å². The van der Waals surface area contributed by atoms with Crippen LogP contribution in [0.3, 0.4) is 0 Å². The number of guanidine groups is 1. The van der Waals surface area contributed by atoms with Crippen LogP contribution in [0, 0.1) is 6.92 Å². The standard InChI is InChI=1S/C24H35N5O2/c1-4-26-24(27-13-12-19-8-7-9-20(16-19)23(30)25-3)28-17-21(29-14-5-6-15-29)22-11-10-18(2)31-22/h7-11,16,21H,4-6,12-15,17H2,1-3H3,(H,25,30)(H2,26,27,28). The first-order chi connectivity index (χ1) is 15.1. The first-order valence-corrected chi connectivity index (χ1v) is 11.2. The molecule has 1 aliphatic rings. The number of hydrogen-bond donors (Lipinski definition) is 3. The number of aliphatic imine (C=N–C) groups is 1. The minimum Gasteiger partial charge on any atom is -0.465 e. The molecule has 1 atom stereocenters. The van der Waals surface area contributed by atoms with E-state index in [4.69, 9.17) is 9.41 Å². The Morgan fingerprint density at radius 3 is 2.68 bits per heavy atom. The average molecular weight is 426 g/mol. The van der Waals surface area contributed by atoms with Crippen molar-refractivity contribution in [1.29, 1.82) is 0 Å². The Hall–Kier alpha value is -2.80. The molecule has 0 radical (unpaired) electrons. The Morgan fingerprint density at radius 2 is 2.00 bits per heavy atom. The molecule has 3 rings (SSSR count). The lowest BCUT2D eigenvalue weighted by Gasteiger charge is -2.24. The van der Waals surface area contributed by atoms with Crippen LogP contribution in [0.15, 0.2) is 45.8 Å². The highest BCUT2D eigenvalue weighted by molar-refractivity contribution is 5.94. The summed E-state index contributed by atoms with van der Waals surface area (Å²) in [6.07, 6.45) is 3.27. The van der Waals surface area contributed by atoms with E-state index in [-0.39, 0.29) is 11.9 Å². The third-order valence-corrected chi connectivity index (χ3v) is 5.56. The molecule has 2 heterocycles. The minimum absolute atomic E-state index is 0.0640. The van der Waals surface area contributed by atoms with E-state index in [2.05, 4.69) is 33.8 Å². The topological polar surface area (TPSA) is 81.9 Å². The highest BCUT2D eigenvalue weighted by atomic mass is 16.3. The van der Waals surface area contributed by atoms with E-state index < -0.39 is 0 Å². The van der Waals surface area contributed by atoms with E-state index in [1.54, 1.807) is 7.05 Å². The third kappa shape index (κ3) is 6.59. The lowest BCUT2D eigenvalue weighted by atomic mass is 10.1. The van der Waals surface area contributed by atoms with Gasteiger partial charge in [-0.15, -0.1) is 0 Å². The maximum absolute atomic E-state index is 11.8. The van der Waals surface area contributed by atoms with Gasteiger partial charge < -0.3 is 20.4 Å². The molecule has 0 spiro atoms. The van der Waals surface area contributed by atoms with Crippen molar-refractivity contribution in [1.82, 2.24) is 20.9 Å². The smallest absolute Gasteiger partial charge is 0.251 e. The van der Waals surface area contributed by atoms with Crippen LogP contribution in [0.4, 0.5) is 0 Å². The molecular weight excluding hydrogens is 390 g/mol. The molecule has 1 amide bonds. The molecule has 1 saturated heterocycles. The number of carbonyl (C=O) groups is 1. The van der Waals surface area contributed by atoms with Gasteiger partial charge in [0.1, 0.15) is 11.5 Å². The van der Waals surface area contributed by atoms with Crippen molar-refractivity contribution >= 4 is 11.9 Å². The summed E-state index contributed by atoms with van der Waals surface area (Å²) in [5.74, 6) is 2.67. The molecule has 1 fully saturated rings. The molecule has 1 aromatic carbocycles. The van der Waals surface area contributed by atoms with Gasteiger partial charge in [-0.1, -0.05) is 12.1 Å². The average Bonchev–Trinajstić information content (AvgIpc) is 3.46. The zero-order chi connectivity index (χ0) is 22.1. The number of amides is 1. The third-order valence-electron chi connectivity index (χ3n) is 5.56. The van der Waals surface area contributed by atoms with Gasteiger partial charge in [0.05, 0.1) is 12.6 Å². The predicted octanol–water partition coefficient (Wildman–Crippen LogP) is 2.88. The molecule has 3 N–H and O–H groups in total. The summed E-state index contributed by atoms with van der Waals surface area (Å²) in [5, 5.41) is 9.43. The van der Waals surface area contributed by atoms with Gasteiger partial charge in [0.25, 0.3) is 5.91 Å². The fraction of sp³-hybridized carbons (Fsp3) is 0.500. The largest absolute Gasteiger partial charge is 0.465 e. The summed E-state index contributed by atoms with van der Waals surface area (Å²) >= 11 is 0. The molecule has 1 aromatic heterocycles. The van der Waals surface area contributed by atoms with Gasteiger partial charge >= 0.3 is 0 Å². The number of likely N-dealkylation sites (tertiary alicyclic amines) is 1. The second kappa shape index (κ2) is 11.6. The molecule has 1 aliphatic heterocycles. The predicted molar refractivity (Wildman–Crippen MR) is 125 cm³/mol. The SMILES string of the molecule is CCNC(=NCC(c1ccc(C)o1)N1CCCC1)NCCc1cccc(C(=O)NC)c1. The molecule has 31 heavy (non-hydrogen) atoms. The fourth-order valence-electron chi connectivity index (χ4n) is 3.93. The van der Waals surface area contributed by atoms with Gasteiger partial charge in [-0.2, -0.15) is 0 Å². The van der Waals surface area contributed by atoms with Crippen molar-refractivity contribution in [2.45, 2.75) is 39.2 Å². The van der Waals surface area contributed by atoms with Crippen molar-refractivity contribution in [2.24, 2.45) is 4.99 Å². The van der Waals surface area contributed by atoms with Gasteiger partial charge in [0, 0.05) is 25.7 Å². The van der Waals surface area contributed by atoms with Gasteiger partial charge in [0.2, 0.25) is 0 Å².